The van der Waals surface area contributed by atoms with Crippen LogP contribution in [-0.2, 0) is 24.3 Å². The van der Waals surface area contributed by atoms with Gasteiger partial charge in [-0.3, -0.25) is 9.23 Å². The van der Waals surface area contributed by atoms with Crippen molar-refractivity contribution in [2.75, 3.05) is 32.2 Å². The highest BCUT2D eigenvalue weighted by atomic mass is 32.2. The Hall–Kier alpha value is -2.29. The Morgan fingerprint density at radius 2 is 1.95 bits per heavy atom. The Bertz CT molecular complexity index is 1460. The van der Waals surface area contributed by atoms with E-state index in [2.05, 4.69) is 57.2 Å². The molecule has 3 unspecified atom stereocenters. The number of hydrogen-bond acceptors (Lipinski definition) is 8. The summed E-state index contributed by atoms with van der Waals surface area (Å²) in [5.74, 6) is 0.535. The quantitative estimate of drug-likeness (QED) is 0.124. The van der Waals surface area contributed by atoms with Crippen LogP contribution in [0.15, 0.2) is 30.6 Å². The van der Waals surface area contributed by atoms with Crippen LogP contribution in [0, 0.1) is 0 Å². The molecule has 0 amide bonds. The highest BCUT2D eigenvalue weighted by Gasteiger charge is 2.39. The zero-order valence-electron chi connectivity index (χ0n) is 26.6. The summed E-state index contributed by atoms with van der Waals surface area (Å²) in [5, 5.41) is 10.8. The second-order valence-electron chi connectivity index (χ2n) is 13.0. The Labute approximate surface area is 256 Å². The van der Waals surface area contributed by atoms with Gasteiger partial charge in [-0.1, -0.05) is 20.8 Å². The minimum Gasteiger partial charge on any atom is -0.543 e. The molecule has 43 heavy (non-hydrogen) atoms. The van der Waals surface area contributed by atoms with E-state index < -0.39 is 18.4 Å². The molecule has 0 bridgehead atoms. The first-order chi connectivity index (χ1) is 20.1. The van der Waals surface area contributed by atoms with Crippen molar-refractivity contribution in [3.8, 4) is 17.0 Å². The van der Waals surface area contributed by atoms with Gasteiger partial charge in [-0.2, -0.15) is 18.6 Å². The average Bonchev–Trinajstić information content (AvgIpc) is 3.56. The summed E-state index contributed by atoms with van der Waals surface area (Å²) < 4.78 is 58.7. The topological polar surface area (TPSA) is 127 Å². The summed E-state index contributed by atoms with van der Waals surface area (Å²) in [4.78, 5) is 0. The van der Waals surface area contributed by atoms with Gasteiger partial charge in [0, 0.05) is 23.8 Å². The smallest absolute Gasteiger partial charge is 0.264 e. The molecular weight excluding hydrogens is 589 g/mol. The lowest BCUT2D eigenvalue weighted by Gasteiger charge is -2.36. The van der Waals surface area contributed by atoms with E-state index in [-0.39, 0.29) is 35.6 Å². The van der Waals surface area contributed by atoms with E-state index in [4.69, 9.17) is 28.3 Å². The van der Waals surface area contributed by atoms with Crippen LogP contribution in [0.1, 0.15) is 72.6 Å². The minimum atomic E-state index is -3.98. The number of fused-ring (bicyclic) bond motifs is 1. The maximum Gasteiger partial charge on any atom is 0.264 e. The summed E-state index contributed by atoms with van der Waals surface area (Å²) in [5.41, 5.74) is 2.77. The lowest BCUT2D eigenvalue weighted by atomic mass is 10.1. The Morgan fingerprint density at radius 3 is 2.63 bits per heavy atom. The van der Waals surface area contributed by atoms with Gasteiger partial charge >= 0.3 is 0 Å². The normalized spacial score (nSPS) is 18.2. The molecule has 0 aliphatic carbocycles. The van der Waals surface area contributed by atoms with E-state index in [0.717, 1.165) is 53.8 Å². The third kappa shape index (κ3) is 8.89. The first-order valence-electron chi connectivity index (χ1n) is 15.2. The van der Waals surface area contributed by atoms with Crippen molar-refractivity contribution < 1.29 is 31.6 Å². The lowest BCUT2D eigenvalue weighted by molar-refractivity contribution is -0.0365. The van der Waals surface area contributed by atoms with Crippen LogP contribution in [0.2, 0.25) is 18.1 Å². The van der Waals surface area contributed by atoms with Crippen molar-refractivity contribution >= 4 is 29.3 Å². The molecule has 0 radical (unpaired) electrons. The lowest BCUT2D eigenvalue weighted by Crippen LogP contribution is -2.43. The molecule has 4 rings (SSSR count). The van der Waals surface area contributed by atoms with Crippen LogP contribution in [0.5, 0.6) is 5.75 Å². The predicted octanol–water partition coefficient (Wildman–Crippen LogP) is 6.24. The van der Waals surface area contributed by atoms with E-state index in [9.17, 15) is 8.42 Å². The zero-order chi connectivity index (χ0) is 31.4. The Balaban J connectivity index is 1.47. The highest BCUT2D eigenvalue weighted by molar-refractivity contribution is 7.85. The van der Waals surface area contributed by atoms with E-state index in [1.54, 1.807) is 6.92 Å². The minimum absolute atomic E-state index is 0.0294. The van der Waals surface area contributed by atoms with Crippen molar-refractivity contribution in [1.82, 2.24) is 19.6 Å². The number of rotatable bonds is 14. The van der Waals surface area contributed by atoms with Gasteiger partial charge in [-0.05, 0) is 75.9 Å². The van der Waals surface area contributed by atoms with Crippen LogP contribution in [0.4, 0.5) is 0 Å². The second-order valence-corrected chi connectivity index (χ2v) is 19.3. The molecule has 13 heteroatoms. The third-order valence-corrected chi connectivity index (χ3v) is 13.5. The molecule has 0 saturated carbocycles. The molecule has 1 aliphatic rings. The first kappa shape index (κ1) is 33.6. The molecule has 0 spiro atoms. The summed E-state index contributed by atoms with van der Waals surface area (Å²) in [6, 6.07) is 6.23. The predicted molar refractivity (Wildman–Crippen MR) is 170 cm³/mol. The van der Waals surface area contributed by atoms with Gasteiger partial charge < -0.3 is 18.6 Å². The molecule has 1 fully saturated rings. The summed E-state index contributed by atoms with van der Waals surface area (Å²) in [6.45, 7) is 16.9. The molecular formula is C30H48N4O7SSi. The van der Waals surface area contributed by atoms with Crippen molar-refractivity contribution in [1.29, 1.82) is 0 Å². The van der Waals surface area contributed by atoms with Crippen LogP contribution in [0.3, 0.4) is 0 Å². The Morgan fingerprint density at radius 1 is 1.19 bits per heavy atom. The zero-order valence-corrected chi connectivity index (χ0v) is 28.4. The van der Waals surface area contributed by atoms with Crippen molar-refractivity contribution in [2.45, 2.75) is 96.8 Å². The van der Waals surface area contributed by atoms with E-state index in [0.29, 0.717) is 19.8 Å². The molecule has 1 aliphatic heterocycles. The number of ether oxygens (including phenoxy) is 3. The largest absolute Gasteiger partial charge is 0.543 e. The number of hydrogen-bond donors (Lipinski definition) is 1. The molecule has 1 aromatic carbocycles. The number of aromatic nitrogens is 4. The van der Waals surface area contributed by atoms with Crippen LogP contribution in [-0.4, -0.2) is 79.1 Å². The first-order valence-corrected chi connectivity index (χ1v) is 19.7. The van der Waals surface area contributed by atoms with E-state index >= 15 is 0 Å². The van der Waals surface area contributed by atoms with Gasteiger partial charge in [-0.15, -0.1) is 0 Å². The molecule has 11 nitrogen and oxygen atoms in total. The van der Waals surface area contributed by atoms with Crippen LogP contribution >= 0.6 is 0 Å². The van der Waals surface area contributed by atoms with Gasteiger partial charge in [0.2, 0.25) is 8.32 Å². The SMILES string of the molecule is CC(CCS(=O)(=O)O)OCCOCC(C)n1cc(-c2nn(C3CCCCO3)c3ccc(O[Si](C)(C)C(C)(C)C)cc23)cn1. The summed E-state index contributed by atoms with van der Waals surface area (Å²) in [7, 11) is -6.01. The molecule has 240 valence electrons. The van der Waals surface area contributed by atoms with Crippen molar-refractivity contribution in [3.63, 3.8) is 0 Å². The molecule has 3 aromatic rings. The van der Waals surface area contributed by atoms with Crippen molar-refractivity contribution in [2.24, 2.45) is 0 Å². The Kier molecular flexibility index (Phi) is 10.8. The molecule has 1 saturated heterocycles. The van der Waals surface area contributed by atoms with Crippen molar-refractivity contribution in [3.05, 3.63) is 30.6 Å². The summed E-state index contributed by atoms with van der Waals surface area (Å²) in [6.07, 6.45) is 6.78. The van der Waals surface area contributed by atoms with E-state index in [1.165, 1.54) is 0 Å². The average molecular weight is 637 g/mol. The molecule has 2 aromatic heterocycles. The number of nitrogens with zero attached hydrogens (tertiary/aromatic N) is 4. The van der Waals surface area contributed by atoms with Gasteiger partial charge in [0.05, 0.1) is 49.4 Å². The molecule has 3 heterocycles. The highest BCUT2D eigenvalue weighted by Crippen LogP contribution is 2.40. The van der Waals surface area contributed by atoms with Gasteiger partial charge in [0.1, 0.15) is 11.4 Å². The fourth-order valence-corrected chi connectivity index (χ4v) is 6.37. The third-order valence-electron chi connectivity index (χ3n) is 8.38. The molecule has 1 N–H and O–H groups in total. The maximum absolute atomic E-state index is 10.9. The van der Waals surface area contributed by atoms with E-state index in [1.807, 2.05) is 28.7 Å². The molecule has 3 atom stereocenters. The fourth-order valence-electron chi connectivity index (χ4n) is 4.72. The van der Waals surface area contributed by atoms with Gasteiger partial charge in [-0.25, -0.2) is 4.68 Å². The second kappa shape index (κ2) is 13.8. The maximum atomic E-state index is 10.9. The summed E-state index contributed by atoms with van der Waals surface area (Å²) >= 11 is 0. The standard InChI is InChI=1S/C30H48N4O7SSi/c1-22(21-38-15-16-39-23(2)13-17-42(35,36)37)33-20-24(19-31-33)29-26-18-25(41-43(6,7)30(3,4)5)11-12-27(26)34(32-29)28-10-8-9-14-40-28/h11-12,18-20,22-23,28H,8-10,13-17,21H2,1-7H3,(H,35,36,37). The van der Waals surface area contributed by atoms with Gasteiger partial charge in [0.15, 0.2) is 6.23 Å². The van der Waals surface area contributed by atoms with Crippen LogP contribution in [0.25, 0.3) is 22.2 Å². The van der Waals surface area contributed by atoms with Crippen LogP contribution < -0.4 is 4.43 Å². The number of benzene rings is 1. The fraction of sp³-hybridized carbons (Fsp3) is 0.667. The monoisotopic (exact) mass is 636 g/mol. The van der Waals surface area contributed by atoms with Gasteiger partial charge in [0.25, 0.3) is 10.1 Å².